The molecule has 3 heteroatoms. The SMILES string of the molecule is Cc1nc2c(n1C1CC(C(C)(C)C)CCC1O)CCCC2. The van der Waals surface area contributed by atoms with E-state index >= 15 is 0 Å². The van der Waals surface area contributed by atoms with Crippen LogP contribution in [0.25, 0.3) is 0 Å². The highest BCUT2D eigenvalue weighted by Crippen LogP contribution is 2.43. The van der Waals surface area contributed by atoms with Crippen molar-refractivity contribution in [3.63, 3.8) is 0 Å². The van der Waals surface area contributed by atoms with E-state index in [4.69, 9.17) is 4.98 Å². The molecule has 3 nitrogen and oxygen atoms in total. The van der Waals surface area contributed by atoms with Gasteiger partial charge in [0.15, 0.2) is 0 Å². The molecule has 0 spiro atoms. The molecule has 0 aliphatic heterocycles. The summed E-state index contributed by atoms with van der Waals surface area (Å²) >= 11 is 0. The molecule has 0 aromatic carbocycles. The lowest BCUT2D eigenvalue weighted by molar-refractivity contribution is 0.0234. The van der Waals surface area contributed by atoms with Gasteiger partial charge in [-0.1, -0.05) is 20.8 Å². The van der Waals surface area contributed by atoms with Crippen molar-refractivity contribution < 1.29 is 5.11 Å². The van der Waals surface area contributed by atoms with Crippen LogP contribution in [-0.4, -0.2) is 20.8 Å². The van der Waals surface area contributed by atoms with Crippen LogP contribution in [-0.2, 0) is 12.8 Å². The molecular formula is C18H30N2O. The van der Waals surface area contributed by atoms with Gasteiger partial charge in [-0.25, -0.2) is 4.98 Å². The molecule has 2 aliphatic carbocycles. The third-order valence-electron chi connectivity index (χ3n) is 5.68. The third-order valence-corrected chi connectivity index (χ3v) is 5.68. The predicted molar refractivity (Wildman–Crippen MR) is 85.4 cm³/mol. The third kappa shape index (κ3) is 2.77. The fourth-order valence-corrected chi connectivity index (χ4v) is 4.33. The minimum atomic E-state index is -0.206. The molecule has 0 bridgehead atoms. The lowest BCUT2D eigenvalue weighted by Crippen LogP contribution is -2.37. The zero-order valence-corrected chi connectivity index (χ0v) is 14.0. The van der Waals surface area contributed by atoms with E-state index in [9.17, 15) is 5.11 Å². The van der Waals surface area contributed by atoms with Gasteiger partial charge in [-0.05, 0) is 63.2 Å². The maximum Gasteiger partial charge on any atom is 0.106 e. The smallest absolute Gasteiger partial charge is 0.106 e. The topological polar surface area (TPSA) is 38.0 Å². The van der Waals surface area contributed by atoms with E-state index in [0.717, 1.165) is 37.9 Å². The van der Waals surface area contributed by atoms with E-state index < -0.39 is 0 Å². The molecule has 1 aromatic heterocycles. The van der Waals surface area contributed by atoms with Crippen LogP contribution in [0, 0.1) is 18.3 Å². The highest BCUT2D eigenvalue weighted by Gasteiger charge is 2.37. The molecule has 21 heavy (non-hydrogen) atoms. The zero-order valence-electron chi connectivity index (χ0n) is 14.0. The minimum Gasteiger partial charge on any atom is -0.391 e. The minimum absolute atomic E-state index is 0.206. The van der Waals surface area contributed by atoms with E-state index in [1.807, 2.05) is 0 Å². The summed E-state index contributed by atoms with van der Waals surface area (Å²) in [7, 11) is 0. The Morgan fingerprint density at radius 2 is 1.86 bits per heavy atom. The molecule has 0 saturated heterocycles. The predicted octanol–water partition coefficient (Wildman–Crippen LogP) is 3.82. The van der Waals surface area contributed by atoms with Gasteiger partial charge in [-0.15, -0.1) is 0 Å². The lowest BCUT2D eigenvalue weighted by atomic mass is 9.70. The van der Waals surface area contributed by atoms with Crippen LogP contribution >= 0.6 is 0 Å². The number of aryl methyl sites for hydroxylation is 2. The summed E-state index contributed by atoms with van der Waals surface area (Å²) < 4.78 is 2.40. The van der Waals surface area contributed by atoms with Crippen molar-refractivity contribution in [2.45, 2.75) is 84.8 Å². The number of rotatable bonds is 1. The summed E-state index contributed by atoms with van der Waals surface area (Å²) in [6.07, 6.45) is 7.76. The number of aliphatic hydroxyl groups is 1. The largest absolute Gasteiger partial charge is 0.391 e. The van der Waals surface area contributed by atoms with Crippen molar-refractivity contribution in [1.29, 1.82) is 0 Å². The Morgan fingerprint density at radius 1 is 1.14 bits per heavy atom. The normalized spacial score (nSPS) is 30.2. The first kappa shape index (κ1) is 15.1. The molecule has 0 amide bonds. The average molecular weight is 290 g/mol. The van der Waals surface area contributed by atoms with Crippen molar-refractivity contribution in [2.24, 2.45) is 11.3 Å². The van der Waals surface area contributed by atoms with Gasteiger partial charge in [-0.2, -0.15) is 0 Å². The highest BCUT2D eigenvalue weighted by atomic mass is 16.3. The van der Waals surface area contributed by atoms with Gasteiger partial charge in [-0.3, -0.25) is 0 Å². The molecular weight excluding hydrogens is 260 g/mol. The second-order valence-corrected chi connectivity index (χ2v) is 8.14. The van der Waals surface area contributed by atoms with Crippen LogP contribution in [0.4, 0.5) is 0 Å². The molecule has 1 saturated carbocycles. The second-order valence-electron chi connectivity index (χ2n) is 8.14. The van der Waals surface area contributed by atoms with Crippen LogP contribution in [0.1, 0.15) is 76.1 Å². The monoisotopic (exact) mass is 290 g/mol. The molecule has 1 heterocycles. The summed E-state index contributed by atoms with van der Waals surface area (Å²) in [5.74, 6) is 1.80. The Labute approximate surface area is 128 Å². The van der Waals surface area contributed by atoms with E-state index in [2.05, 4.69) is 32.3 Å². The maximum atomic E-state index is 10.6. The molecule has 3 unspecified atom stereocenters. The van der Waals surface area contributed by atoms with Gasteiger partial charge >= 0.3 is 0 Å². The Bertz CT molecular complexity index is 512. The molecule has 0 radical (unpaired) electrons. The lowest BCUT2D eigenvalue weighted by Gasteiger charge is -2.41. The molecule has 3 atom stereocenters. The van der Waals surface area contributed by atoms with E-state index in [1.54, 1.807) is 0 Å². The van der Waals surface area contributed by atoms with Gasteiger partial charge in [0.2, 0.25) is 0 Å². The number of imidazole rings is 1. The van der Waals surface area contributed by atoms with Crippen LogP contribution in [0.2, 0.25) is 0 Å². The van der Waals surface area contributed by atoms with Crippen molar-refractivity contribution in [3.05, 3.63) is 17.2 Å². The number of aromatic nitrogens is 2. The van der Waals surface area contributed by atoms with Gasteiger partial charge in [0.1, 0.15) is 5.82 Å². The van der Waals surface area contributed by atoms with Crippen LogP contribution < -0.4 is 0 Å². The molecule has 1 aromatic rings. The first-order valence-corrected chi connectivity index (χ1v) is 8.62. The average Bonchev–Trinajstić information content (AvgIpc) is 2.74. The Kier molecular flexibility index (Phi) is 3.89. The summed E-state index contributed by atoms with van der Waals surface area (Å²) in [5, 5.41) is 10.6. The molecule has 118 valence electrons. The molecule has 1 N–H and O–H groups in total. The summed E-state index contributed by atoms with van der Waals surface area (Å²) in [6, 6.07) is 0.234. The summed E-state index contributed by atoms with van der Waals surface area (Å²) in [4.78, 5) is 4.80. The van der Waals surface area contributed by atoms with E-state index in [-0.39, 0.29) is 12.1 Å². The Hall–Kier alpha value is -0.830. The van der Waals surface area contributed by atoms with Gasteiger partial charge in [0.05, 0.1) is 17.8 Å². The first-order valence-electron chi connectivity index (χ1n) is 8.62. The standard InChI is InChI=1S/C18H30N2O/c1-12-19-14-7-5-6-8-15(14)20(12)16-11-13(18(2,3)4)9-10-17(16)21/h13,16-17,21H,5-11H2,1-4H3. The van der Waals surface area contributed by atoms with Crippen LogP contribution in [0.15, 0.2) is 0 Å². The van der Waals surface area contributed by atoms with Crippen molar-refractivity contribution in [3.8, 4) is 0 Å². The van der Waals surface area contributed by atoms with Gasteiger partial charge in [0, 0.05) is 5.69 Å². The summed E-state index contributed by atoms with van der Waals surface area (Å²) in [6.45, 7) is 9.12. The number of aliphatic hydroxyl groups excluding tert-OH is 1. The number of nitrogens with zero attached hydrogens (tertiary/aromatic N) is 2. The van der Waals surface area contributed by atoms with Gasteiger partial charge in [0.25, 0.3) is 0 Å². The molecule has 2 aliphatic rings. The fraction of sp³-hybridized carbons (Fsp3) is 0.833. The zero-order chi connectivity index (χ0) is 15.2. The van der Waals surface area contributed by atoms with Crippen molar-refractivity contribution >= 4 is 0 Å². The number of hydrogen-bond donors (Lipinski definition) is 1. The summed E-state index contributed by atoms with van der Waals surface area (Å²) in [5.41, 5.74) is 3.04. The van der Waals surface area contributed by atoms with Crippen molar-refractivity contribution in [2.75, 3.05) is 0 Å². The van der Waals surface area contributed by atoms with E-state index in [0.29, 0.717) is 11.3 Å². The molecule has 3 rings (SSSR count). The number of hydrogen-bond acceptors (Lipinski definition) is 2. The van der Waals surface area contributed by atoms with Crippen molar-refractivity contribution in [1.82, 2.24) is 9.55 Å². The fourth-order valence-electron chi connectivity index (χ4n) is 4.33. The molecule has 1 fully saturated rings. The van der Waals surface area contributed by atoms with Crippen LogP contribution in [0.5, 0.6) is 0 Å². The second kappa shape index (κ2) is 5.42. The highest BCUT2D eigenvalue weighted by molar-refractivity contribution is 5.21. The first-order chi connectivity index (χ1) is 9.88. The van der Waals surface area contributed by atoms with Gasteiger partial charge < -0.3 is 9.67 Å². The quantitative estimate of drug-likeness (QED) is 0.854. The van der Waals surface area contributed by atoms with Crippen LogP contribution in [0.3, 0.4) is 0 Å². The Morgan fingerprint density at radius 3 is 2.57 bits per heavy atom. The maximum absolute atomic E-state index is 10.6. The Balaban J connectivity index is 1.93. The van der Waals surface area contributed by atoms with E-state index in [1.165, 1.54) is 24.2 Å². The number of fused-ring (bicyclic) bond motifs is 1.